The minimum absolute atomic E-state index is 0.340. The standard InChI is InChI=1S/C24H33B2NO4.C6H4/c1-21(2)22(3,4)29-25(28-21)17-9-13-19(14-10-17)27-20-15-11-18(12-16-20)26-30-23(5,6)24(7,8)31-26;1-2-6-4-3-5(1)6/h9-16,27H,1-8H3;1-4H. The van der Waals surface area contributed by atoms with Crippen LogP contribution < -0.4 is 16.2 Å². The molecule has 0 atom stereocenters. The van der Waals surface area contributed by atoms with Gasteiger partial charge in [0.2, 0.25) is 0 Å². The molecule has 0 aromatic heterocycles. The fraction of sp³-hybridized carbons (Fsp3) is 0.400. The average Bonchev–Trinajstić information content (AvgIpc) is 3.17. The zero-order valence-corrected chi connectivity index (χ0v) is 23.2. The van der Waals surface area contributed by atoms with E-state index in [0.717, 1.165) is 22.3 Å². The highest BCUT2D eigenvalue weighted by atomic mass is 16.7. The van der Waals surface area contributed by atoms with Gasteiger partial charge >= 0.3 is 14.2 Å². The van der Waals surface area contributed by atoms with Crippen LogP contribution in [0.4, 0.5) is 11.4 Å². The summed E-state index contributed by atoms with van der Waals surface area (Å²) in [7, 11) is -0.698. The second-order valence-electron chi connectivity index (χ2n) is 12.1. The van der Waals surface area contributed by atoms with Gasteiger partial charge in [-0.05, 0) is 102 Å². The molecule has 2 saturated heterocycles. The lowest BCUT2D eigenvalue weighted by Crippen LogP contribution is -2.41. The molecule has 0 bridgehead atoms. The monoisotopic (exact) mass is 497 g/mol. The van der Waals surface area contributed by atoms with Crippen molar-refractivity contribution in [3.8, 4) is 11.1 Å². The lowest BCUT2D eigenvalue weighted by atomic mass is 9.79. The van der Waals surface area contributed by atoms with Crippen molar-refractivity contribution >= 4 is 36.5 Å². The summed E-state index contributed by atoms with van der Waals surface area (Å²) in [5.74, 6) is 0. The smallest absolute Gasteiger partial charge is 0.399 e. The zero-order valence-electron chi connectivity index (χ0n) is 23.2. The quantitative estimate of drug-likeness (QED) is 0.367. The first kappa shape index (κ1) is 26.1. The van der Waals surface area contributed by atoms with E-state index >= 15 is 0 Å². The Hall–Kier alpha value is -2.57. The van der Waals surface area contributed by atoms with E-state index in [1.807, 2.05) is 48.5 Å². The van der Waals surface area contributed by atoms with Gasteiger partial charge in [-0.1, -0.05) is 48.5 Å². The van der Waals surface area contributed by atoms with Gasteiger partial charge in [-0.3, -0.25) is 0 Å². The van der Waals surface area contributed by atoms with Gasteiger partial charge in [-0.15, -0.1) is 0 Å². The fourth-order valence-corrected chi connectivity index (χ4v) is 4.23. The summed E-state index contributed by atoms with van der Waals surface area (Å²) < 4.78 is 24.5. The van der Waals surface area contributed by atoms with Crippen LogP contribution in [0.3, 0.4) is 0 Å². The lowest BCUT2D eigenvalue weighted by Gasteiger charge is -2.32. The molecule has 5 nitrogen and oxygen atoms in total. The molecule has 0 spiro atoms. The first-order chi connectivity index (χ1) is 17.3. The summed E-state index contributed by atoms with van der Waals surface area (Å²) in [6, 6.07) is 24.8. The van der Waals surface area contributed by atoms with Crippen molar-refractivity contribution in [2.75, 3.05) is 5.32 Å². The normalized spacial score (nSPS) is 21.3. The third-order valence-electron chi connectivity index (χ3n) is 8.38. The molecule has 6 rings (SSSR count). The van der Waals surface area contributed by atoms with Crippen LogP contribution in [-0.2, 0) is 18.6 Å². The number of rotatable bonds is 4. The van der Waals surface area contributed by atoms with E-state index in [0.29, 0.717) is 0 Å². The van der Waals surface area contributed by atoms with E-state index in [4.69, 9.17) is 18.6 Å². The van der Waals surface area contributed by atoms with E-state index in [-0.39, 0.29) is 36.6 Å². The molecule has 37 heavy (non-hydrogen) atoms. The highest BCUT2D eigenvalue weighted by molar-refractivity contribution is 6.62. The van der Waals surface area contributed by atoms with Crippen LogP contribution in [0.15, 0.2) is 72.8 Å². The Labute approximate surface area is 222 Å². The first-order valence-electron chi connectivity index (χ1n) is 13.1. The van der Waals surface area contributed by atoms with Crippen LogP contribution in [0.25, 0.3) is 11.1 Å². The Morgan fingerprint density at radius 3 is 0.919 bits per heavy atom. The van der Waals surface area contributed by atoms with Crippen molar-refractivity contribution in [1.82, 2.24) is 0 Å². The summed E-state index contributed by atoms with van der Waals surface area (Å²) in [5, 5.41) is 3.44. The predicted octanol–water partition coefficient (Wildman–Crippen LogP) is 5.70. The van der Waals surface area contributed by atoms with Gasteiger partial charge in [0, 0.05) is 11.4 Å². The van der Waals surface area contributed by atoms with Crippen LogP contribution in [0.5, 0.6) is 0 Å². The summed E-state index contributed by atoms with van der Waals surface area (Å²) >= 11 is 0. The molecule has 7 heteroatoms. The molecule has 0 saturated carbocycles. The largest absolute Gasteiger partial charge is 0.494 e. The maximum atomic E-state index is 6.13. The molecular formula is C30H37B2NO4. The number of fused-ring (bicyclic) bond motifs is 1. The molecule has 2 aliphatic carbocycles. The topological polar surface area (TPSA) is 49.0 Å². The fourth-order valence-electron chi connectivity index (χ4n) is 4.23. The molecule has 2 heterocycles. The Balaban J connectivity index is 0.000000403. The van der Waals surface area contributed by atoms with Crippen molar-refractivity contribution < 1.29 is 18.6 Å². The number of anilines is 2. The van der Waals surface area contributed by atoms with Crippen LogP contribution in [0.2, 0.25) is 0 Å². The summed E-state index contributed by atoms with van der Waals surface area (Å²) in [4.78, 5) is 0. The predicted molar refractivity (Wildman–Crippen MR) is 153 cm³/mol. The van der Waals surface area contributed by atoms with Gasteiger partial charge in [0.05, 0.1) is 22.4 Å². The van der Waals surface area contributed by atoms with Crippen molar-refractivity contribution in [3.05, 3.63) is 72.8 Å². The highest BCUT2D eigenvalue weighted by Crippen LogP contribution is 2.37. The van der Waals surface area contributed by atoms with Gasteiger partial charge in [0.1, 0.15) is 0 Å². The number of nitrogens with one attached hydrogen (secondary N) is 1. The van der Waals surface area contributed by atoms with E-state index in [1.165, 1.54) is 11.1 Å². The Kier molecular flexibility index (Phi) is 6.35. The molecular weight excluding hydrogens is 460 g/mol. The number of hydrogen-bond acceptors (Lipinski definition) is 5. The second kappa shape index (κ2) is 9.02. The summed E-state index contributed by atoms with van der Waals surface area (Å²) in [6.07, 6.45) is 0. The molecule has 0 unspecified atom stereocenters. The SMILES string of the molecule is CC1(C)OB(c2ccc(Nc3ccc(B4OC(C)(C)C(C)(C)O4)cc3)cc2)OC1(C)C.c1cc2ccc1-2. The minimum Gasteiger partial charge on any atom is -0.399 e. The lowest BCUT2D eigenvalue weighted by molar-refractivity contribution is 0.00578. The van der Waals surface area contributed by atoms with E-state index < -0.39 is 0 Å². The third-order valence-corrected chi connectivity index (χ3v) is 8.38. The van der Waals surface area contributed by atoms with Crippen molar-refractivity contribution in [2.24, 2.45) is 0 Å². The van der Waals surface area contributed by atoms with Crippen molar-refractivity contribution in [1.29, 1.82) is 0 Å². The Morgan fingerprint density at radius 2 is 0.703 bits per heavy atom. The molecule has 192 valence electrons. The average molecular weight is 497 g/mol. The minimum atomic E-state index is -0.349. The molecule has 2 fully saturated rings. The van der Waals surface area contributed by atoms with E-state index in [1.54, 1.807) is 0 Å². The van der Waals surface area contributed by atoms with Gasteiger partial charge < -0.3 is 23.9 Å². The van der Waals surface area contributed by atoms with Crippen LogP contribution >= 0.6 is 0 Å². The van der Waals surface area contributed by atoms with Crippen molar-refractivity contribution in [2.45, 2.75) is 77.8 Å². The van der Waals surface area contributed by atoms with E-state index in [9.17, 15) is 0 Å². The first-order valence-corrected chi connectivity index (χ1v) is 13.1. The molecule has 0 amide bonds. The molecule has 2 aromatic carbocycles. The molecule has 4 aliphatic rings. The van der Waals surface area contributed by atoms with Gasteiger partial charge in [0.15, 0.2) is 0 Å². The van der Waals surface area contributed by atoms with E-state index in [2.05, 4.69) is 85.0 Å². The maximum absolute atomic E-state index is 6.13. The van der Waals surface area contributed by atoms with Crippen molar-refractivity contribution in [3.63, 3.8) is 0 Å². The molecule has 2 aromatic rings. The van der Waals surface area contributed by atoms with Gasteiger partial charge in [0.25, 0.3) is 0 Å². The summed E-state index contributed by atoms with van der Waals surface area (Å²) in [5.41, 5.74) is 5.53. The van der Waals surface area contributed by atoms with Gasteiger partial charge in [-0.25, -0.2) is 0 Å². The van der Waals surface area contributed by atoms with Crippen LogP contribution in [-0.4, -0.2) is 36.6 Å². The van der Waals surface area contributed by atoms with Crippen LogP contribution in [0.1, 0.15) is 55.4 Å². The molecule has 0 radical (unpaired) electrons. The third kappa shape index (κ3) is 4.98. The number of benzene rings is 3. The highest BCUT2D eigenvalue weighted by Gasteiger charge is 2.52. The number of hydrogen-bond donors (Lipinski definition) is 1. The molecule has 2 aliphatic heterocycles. The van der Waals surface area contributed by atoms with Gasteiger partial charge in [-0.2, -0.15) is 0 Å². The maximum Gasteiger partial charge on any atom is 0.494 e. The molecule has 1 N–H and O–H groups in total. The zero-order chi connectivity index (χ0) is 26.6. The van der Waals surface area contributed by atoms with Crippen LogP contribution in [0, 0.1) is 0 Å². The Bertz CT molecular complexity index is 1120. The second-order valence-corrected chi connectivity index (χ2v) is 12.1. The summed E-state index contributed by atoms with van der Waals surface area (Å²) in [6.45, 7) is 16.5. The Morgan fingerprint density at radius 1 is 0.432 bits per heavy atom.